The molecule has 0 aromatic heterocycles. The van der Waals surface area contributed by atoms with Crippen molar-refractivity contribution in [2.75, 3.05) is 0 Å². The van der Waals surface area contributed by atoms with Crippen LogP contribution in [0.3, 0.4) is 0 Å². The minimum absolute atomic E-state index is 0.199. The number of aliphatic hydroxyl groups excluding tert-OH is 1. The lowest BCUT2D eigenvalue weighted by atomic mass is 9.92. The van der Waals surface area contributed by atoms with Gasteiger partial charge in [-0.1, -0.05) is 38.2 Å². The maximum absolute atomic E-state index is 12.8. The standard InChI is InChI=1S/C17H18N2O4/c1-16(2)5-3-10-11(4-6-16)14(22)19(13(10)21)17-8-9(17)7-12(20)18-15(17)23/h3-6,9,13,21H,7-8H2,1-2H3,(H,18,20,23). The number of amides is 3. The van der Waals surface area contributed by atoms with Crippen LogP contribution in [-0.2, 0) is 14.4 Å². The van der Waals surface area contributed by atoms with Gasteiger partial charge in [0.25, 0.3) is 11.8 Å². The molecule has 0 bridgehead atoms. The van der Waals surface area contributed by atoms with E-state index in [1.807, 2.05) is 26.0 Å². The van der Waals surface area contributed by atoms with Crippen LogP contribution in [-0.4, -0.2) is 39.5 Å². The van der Waals surface area contributed by atoms with E-state index < -0.39 is 17.7 Å². The Morgan fingerprint density at radius 3 is 2.61 bits per heavy atom. The Balaban J connectivity index is 1.71. The van der Waals surface area contributed by atoms with E-state index in [1.54, 1.807) is 12.2 Å². The highest BCUT2D eigenvalue weighted by molar-refractivity contribution is 6.11. The number of hydrogen-bond acceptors (Lipinski definition) is 4. The highest BCUT2D eigenvalue weighted by atomic mass is 16.3. The van der Waals surface area contributed by atoms with Crippen molar-refractivity contribution in [1.29, 1.82) is 0 Å². The van der Waals surface area contributed by atoms with Gasteiger partial charge in [-0.3, -0.25) is 24.6 Å². The van der Waals surface area contributed by atoms with E-state index in [0.717, 1.165) is 0 Å². The number of fused-ring (bicyclic) bond motifs is 1. The molecular formula is C17H18N2O4. The number of carbonyl (C=O) groups excluding carboxylic acids is 3. The van der Waals surface area contributed by atoms with Crippen LogP contribution in [0.4, 0.5) is 0 Å². The maximum Gasteiger partial charge on any atom is 0.257 e. The minimum atomic E-state index is -1.16. The first kappa shape index (κ1) is 14.4. The second kappa shape index (κ2) is 4.20. The molecule has 6 heteroatoms. The van der Waals surface area contributed by atoms with Crippen LogP contribution < -0.4 is 5.32 Å². The molecule has 0 spiro atoms. The number of nitrogens with zero attached hydrogens (tertiary/aromatic N) is 1. The van der Waals surface area contributed by atoms with Crippen LogP contribution in [0.25, 0.3) is 0 Å². The smallest absolute Gasteiger partial charge is 0.257 e. The third-order valence-corrected chi connectivity index (χ3v) is 5.24. The number of rotatable bonds is 1. The second-order valence-corrected chi connectivity index (χ2v) is 7.31. The molecule has 2 aliphatic carbocycles. The lowest BCUT2D eigenvalue weighted by Crippen LogP contribution is -2.58. The van der Waals surface area contributed by atoms with Crippen molar-refractivity contribution in [3.8, 4) is 0 Å². The number of aliphatic hydroxyl groups is 1. The molecule has 0 aromatic rings. The molecule has 0 radical (unpaired) electrons. The summed E-state index contributed by atoms with van der Waals surface area (Å²) in [5.41, 5.74) is -0.344. The van der Waals surface area contributed by atoms with Gasteiger partial charge in [-0.05, 0) is 6.42 Å². The average Bonchev–Trinajstić information content (AvgIpc) is 3.13. The molecule has 23 heavy (non-hydrogen) atoms. The normalized spacial score (nSPS) is 37.5. The fraction of sp³-hybridized carbons (Fsp3) is 0.471. The maximum atomic E-state index is 12.8. The van der Waals surface area contributed by atoms with E-state index >= 15 is 0 Å². The Bertz CT molecular complexity index is 746. The van der Waals surface area contributed by atoms with Gasteiger partial charge in [-0.2, -0.15) is 0 Å². The number of imide groups is 1. The van der Waals surface area contributed by atoms with E-state index in [4.69, 9.17) is 0 Å². The first-order valence-corrected chi connectivity index (χ1v) is 7.75. The molecule has 1 saturated heterocycles. The summed E-state index contributed by atoms with van der Waals surface area (Å²) >= 11 is 0. The number of nitrogens with one attached hydrogen (secondary N) is 1. The number of piperidine rings is 1. The average molecular weight is 314 g/mol. The molecule has 4 aliphatic rings. The lowest BCUT2D eigenvalue weighted by Gasteiger charge is -2.33. The summed E-state index contributed by atoms with van der Waals surface area (Å²) < 4.78 is 0. The molecule has 3 unspecified atom stereocenters. The van der Waals surface area contributed by atoms with Crippen LogP contribution in [0.1, 0.15) is 26.7 Å². The lowest BCUT2D eigenvalue weighted by molar-refractivity contribution is -0.151. The van der Waals surface area contributed by atoms with E-state index in [9.17, 15) is 19.5 Å². The molecule has 0 aromatic carbocycles. The third kappa shape index (κ3) is 1.81. The van der Waals surface area contributed by atoms with Gasteiger partial charge in [0.05, 0.1) is 0 Å². The number of carbonyl (C=O) groups is 3. The Labute approximate surface area is 133 Å². The minimum Gasteiger partial charge on any atom is -0.369 e. The molecule has 6 nitrogen and oxygen atoms in total. The Morgan fingerprint density at radius 2 is 1.91 bits per heavy atom. The summed E-state index contributed by atoms with van der Waals surface area (Å²) in [5.74, 6) is -1.34. The van der Waals surface area contributed by atoms with Gasteiger partial charge >= 0.3 is 0 Å². The van der Waals surface area contributed by atoms with Crippen LogP contribution in [0.15, 0.2) is 35.5 Å². The first-order valence-electron chi connectivity index (χ1n) is 7.75. The molecule has 2 fully saturated rings. The molecular weight excluding hydrogens is 296 g/mol. The molecule has 3 atom stereocenters. The highest BCUT2D eigenvalue weighted by Gasteiger charge is 2.70. The van der Waals surface area contributed by atoms with Gasteiger partial charge in [0.15, 0.2) is 6.23 Å². The van der Waals surface area contributed by atoms with Crippen molar-refractivity contribution < 1.29 is 19.5 Å². The predicted molar refractivity (Wildman–Crippen MR) is 80.5 cm³/mol. The first-order chi connectivity index (χ1) is 10.8. The van der Waals surface area contributed by atoms with Gasteiger partial charge in [0.2, 0.25) is 5.91 Å². The van der Waals surface area contributed by atoms with Crippen molar-refractivity contribution in [2.45, 2.75) is 38.5 Å². The van der Waals surface area contributed by atoms with Crippen LogP contribution >= 0.6 is 0 Å². The van der Waals surface area contributed by atoms with Crippen LogP contribution in [0.5, 0.6) is 0 Å². The second-order valence-electron chi connectivity index (χ2n) is 7.31. The Kier molecular flexibility index (Phi) is 2.63. The predicted octanol–water partition coefficient (Wildman–Crippen LogP) is 0.401. The van der Waals surface area contributed by atoms with Crippen molar-refractivity contribution in [3.63, 3.8) is 0 Å². The van der Waals surface area contributed by atoms with Crippen molar-refractivity contribution in [1.82, 2.24) is 10.2 Å². The monoisotopic (exact) mass is 314 g/mol. The Morgan fingerprint density at radius 1 is 1.22 bits per heavy atom. The van der Waals surface area contributed by atoms with Crippen molar-refractivity contribution >= 4 is 17.7 Å². The largest absolute Gasteiger partial charge is 0.369 e. The van der Waals surface area contributed by atoms with Crippen LogP contribution in [0.2, 0.25) is 0 Å². The van der Waals surface area contributed by atoms with Gasteiger partial charge in [-0.15, -0.1) is 0 Å². The number of allylic oxidation sites excluding steroid dienone is 2. The summed E-state index contributed by atoms with van der Waals surface area (Å²) in [6.07, 6.45) is 6.80. The molecule has 2 heterocycles. The molecule has 4 rings (SSSR count). The van der Waals surface area contributed by atoms with Crippen LogP contribution in [0, 0.1) is 11.3 Å². The van der Waals surface area contributed by atoms with Crippen molar-refractivity contribution in [2.24, 2.45) is 11.3 Å². The van der Waals surface area contributed by atoms with E-state index in [1.165, 1.54) is 4.90 Å². The molecule has 2 N–H and O–H groups in total. The zero-order valence-electron chi connectivity index (χ0n) is 13.0. The number of hydrogen-bond donors (Lipinski definition) is 2. The highest BCUT2D eigenvalue weighted by Crippen LogP contribution is 2.55. The fourth-order valence-electron chi connectivity index (χ4n) is 3.79. The van der Waals surface area contributed by atoms with E-state index in [0.29, 0.717) is 17.6 Å². The van der Waals surface area contributed by atoms with E-state index in [-0.39, 0.29) is 29.6 Å². The summed E-state index contributed by atoms with van der Waals surface area (Å²) in [6, 6.07) is 0. The summed E-state index contributed by atoms with van der Waals surface area (Å²) in [5, 5.41) is 13.0. The quantitative estimate of drug-likeness (QED) is 0.686. The fourth-order valence-corrected chi connectivity index (χ4v) is 3.79. The molecule has 120 valence electrons. The van der Waals surface area contributed by atoms with Gasteiger partial charge in [-0.25, -0.2) is 0 Å². The molecule has 3 amide bonds. The van der Waals surface area contributed by atoms with E-state index in [2.05, 4.69) is 5.32 Å². The summed E-state index contributed by atoms with van der Waals surface area (Å²) in [6.45, 7) is 4.01. The summed E-state index contributed by atoms with van der Waals surface area (Å²) in [4.78, 5) is 37.9. The van der Waals surface area contributed by atoms with Gasteiger partial charge in [0, 0.05) is 28.9 Å². The van der Waals surface area contributed by atoms with Gasteiger partial charge < -0.3 is 5.11 Å². The topological polar surface area (TPSA) is 86.7 Å². The Hall–Kier alpha value is -2.21. The molecule has 1 saturated carbocycles. The van der Waals surface area contributed by atoms with Gasteiger partial charge in [0.1, 0.15) is 5.54 Å². The zero-order chi connectivity index (χ0) is 16.6. The summed E-state index contributed by atoms with van der Waals surface area (Å²) in [7, 11) is 0. The molecule has 2 aliphatic heterocycles. The third-order valence-electron chi connectivity index (χ3n) is 5.24. The zero-order valence-corrected chi connectivity index (χ0v) is 13.0. The SMILES string of the molecule is CC1(C)C=CC2=C(C=C1)C(O)N(C13CC1CC(=O)NC3=O)C2=O. The van der Waals surface area contributed by atoms with Crippen molar-refractivity contribution in [3.05, 3.63) is 35.5 Å².